The Balaban J connectivity index is 2.14. The van der Waals surface area contributed by atoms with Crippen LogP contribution < -0.4 is 10.1 Å². The lowest BCUT2D eigenvalue weighted by atomic mass is 10.1. The minimum absolute atomic E-state index is 0.116. The van der Waals surface area contributed by atoms with Crippen molar-refractivity contribution in [3.05, 3.63) is 64.1 Å². The van der Waals surface area contributed by atoms with E-state index in [4.69, 9.17) is 4.74 Å². The fraction of sp³-hybridized carbons (Fsp3) is 0.417. The molecular formula is C24H31BrN2O3. The van der Waals surface area contributed by atoms with Crippen LogP contribution in [-0.4, -0.2) is 35.9 Å². The number of benzene rings is 2. The summed E-state index contributed by atoms with van der Waals surface area (Å²) >= 11 is 3.46. The lowest BCUT2D eigenvalue weighted by Crippen LogP contribution is -2.50. The number of hydrogen-bond acceptors (Lipinski definition) is 3. The molecule has 2 amide bonds. The summed E-state index contributed by atoms with van der Waals surface area (Å²) in [5, 5.41) is 2.96. The predicted molar refractivity (Wildman–Crippen MR) is 123 cm³/mol. The molecule has 0 spiro atoms. The topological polar surface area (TPSA) is 58.6 Å². The number of unbranched alkanes of at least 4 members (excludes halogenated alkanes) is 1. The fourth-order valence-corrected chi connectivity index (χ4v) is 3.39. The van der Waals surface area contributed by atoms with E-state index >= 15 is 0 Å². The fourth-order valence-electron chi connectivity index (χ4n) is 3.14. The maximum absolute atomic E-state index is 13.1. The summed E-state index contributed by atoms with van der Waals surface area (Å²) in [6.45, 7) is 6.83. The van der Waals surface area contributed by atoms with Crippen LogP contribution in [0.15, 0.2) is 53.0 Å². The molecule has 0 fully saturated rings. The maximum atomic E-state index is 13.1. The average molecular weight is 475 g/mol. The summed E-state index contributed by atoms with van der Waals surface area (Å²) in [6.07, 6.45) is 2.46. The minimum atomic E-state index is -0.537. The molecule has 0 aliphatic carbocycles. The lowest BCUT2D eigenvalue weighted by Gasteiger charge is -2.30. The van der Waals surface area contributed by atoms with Crippen molar-refractivity contribution in [1.82, 2.24) is 10.2 Å². The van der Waals surface area contributed by atoms with E-state index in [0.717, 1.165) is 28.4 Å². The molecule has 1 atom stereocenters. The molecule has 0 aliphatic rings. The molecule has 1 N–H and O–H groups in total. The second-order valence-corrected chi connectivity index (χ2v) is 8.13. The van der Waals surface area contributed by atoms with Gasteiger partial charge in [-0.2, -0.15) is 0 Å². The SMILES string of the molecule is CCCCNC(=O)[C@H](CC)N(Cc1ccccc1)C(=O)COc1ccc(Br)c(C)c1. The molecule has 0 aliphatic heterocycles. The van der Waals surface area contributed by atoms with Crippen LogP contribution in [0.1, 0.15) is 44.2 Å². The standard InChI is InChI=1S/C24H31BrN2O3/c1-4-6-14-26-24(29)22(5-2)27(16-19-10-8-7-9-11-19)23(28)17-30-20-12-13-21(25)18(3)15-20/h7-13,15,22H,4-6,14,16-17H2,1-3H3,(H,26,29)/t22-/m0/s1. The highest BCUT2D eigenvalue weighted by molar-refractivity contribution is 9.10. The van der Waals surface area contributed by atoms with Gasteiger partial charge in [0, 0.05) is 17.6 Å². The molecular weight excluding hydrogens is 444 g/mol. The number of aryl methyl sites for hydroxylation is 1. The van der Waals surface area contributed by atoms with Crippen molar-refractivity contribution in [2.45, 2.75) is 52.6 Å². The second kappa shape index (κ2) is 12.4. The van der Waals surface area contributed by atoms with Crippen LogP contribution in [0.4, 0.5) is 0 Å². The zero-order valence-corrected chi connectivity index (χ0v) is 19.6. The monoisotopic (exact) mass is 474 g/mol. The van der Waals surface area contributed by atoms with Crippen LogP contribution in [0.5, 0.6) is 5.75 Å². The van der Waals surface area contributed by atoms with Crippen LogP contribution in [0, 0.1) is 6.92 Å². The van der Waals surface area contributed by atoms with Gasteiger partial charge in [0.15, 0.2) is 6.61 Å². The first-order valence-corrected chi connectivity index (χ1v) is 11.3. The van der Waals surface area contributed by atoms with E-state index in [0.29, 0.717) is 25.3 Å². The van der Waals surface area contributed by atoms with Gasteiger partial charge in [-0.05, 0) is 49.1 Å². The van der Waals surface area contributed by atoms with Gasteiger partial charge < -0.3 is 15.0 Å². The molecule has 0 heterocycles. The smallest absolute Gasteiger partial charge is 0.261 e. The number of nitrogens with one attached hydrogen (secondary N) is 1. The number of carbonyl (C=O) groups is 2. The molecule has 6 heteroatoms. The Hall–Kier alpha value is -2.34. The maximum Gasteiger partial charge on any atom is 0.261 e. The van der Waals surface area contributed by atoms with Crippen molar-refractivity contribution in [3.8, 4) is 5.75 Å². The summed E-state index contributed by atoms with van der Waals surface area (Å²) < 4.78 is 6.74. The van der Waals surface area contributed by atoms with E-state index in [1.807, 2.05) is 62.4 Å². The molecule has 0 saturated carbocycles. The largest absolute Gasteiger partial charge is 0.484 e. The molecule has 0 radical (unpaired) electrons. The van der Waals surface area contributed by atoms with Crippen LogP contribution in [0.2, 0.25) is 0 Å². The molecule has 5 nitrogen and oxygen atoms in total. The molecule has 0 saturated heterocycles. The van der Waals surface area contributed by atoms with E-state index in [9.17, 15) is 9.59 Å². The van der Waals surface area contributed by atoms with Gasteiger partial charge in [0.25, 0.3) is 5.91 Å². The van der Waals surface area contributed by atoms with E-state index in [1.54, 1.807) is 4.90 Å². The van der Waals surface area contributed by atoms with Gasteiger partial charge in [0.1, 0.15) is 11.8 Å². The summed E-state index contributed by atoms with van der Waals surface area (Å²) in [7, 11) is 0. The van der Waals surface area contributed by atoms with Crippen LogP contribution in [0.25, 0.3) is 0 Å². The van der Waals surface area contributed by atoms with Gasteiger partial charge in [-0.1, -0.05) is 66.5 Å². The van der Waals surface area contributed by atoms with Crippen molar-refractivity contribution >= 4 is 27.7 Å². The number of nitrogens with zero attached hydrogens (tertiary/aromatic N) is 1. The quantitative estimate of drug-likeness (QED) is 0.473. The molecule has 0 unspecified atom stereocenters. The number of ether oxygens (including phenoxy) is 1. The highest BCUT2D eigenvalue weighted by Gasteiger charge is 2.28. The first kappa shape index (κ1) is 23.9. The van der Waals surface area contributed by atoms with E-state index in [2.05, 4.69) is 28.2 Å². The Kier molecular flexibility index (Phi) is 9.87. The number of amides is 2. The lowest BCUT2D eigenvalue weighted by molar-refractivity contribution is -0.143. The Bertz CT molecular complexity index is 826. The highest BCUT2D eigenvalue weighted by atomic mass is 79.9. The summed E-state index contributed by atoms with van der Waals surface area (Å²) in [5.41, 5.74) is 2.01. The number of halogens is 1. The van der Waals surface area contributed by atoms with Crippen molar-refractivity contribution in [1.29, 1.82) is 0 Å². The van der Waals surface area contributed by atoms with Crippen molar-refractivity contribution in [2.75, 3.05) is 13.2 Å². The molecule has 0 aromatic heterocycles. The van der Waals surface area contributed by atoms with Gasteiger partial charge in [-0.15, -0.1) is 0 Å². The highest BCUT2D eigenvalue weighted by Crippen LogP contribution is 2.22. The van der Waals surface area contributed by atoms with Gasteiger partial charge in [0.2, 0.25) is 5.91 Å². The Morgan fingerprint density at radius 3 is 2.50 bits per heavy atom. The summed E-state index contributed by atoms with van der Waals surface area (Å²) in [6, 6.07) is 14.8. The molecule has 30 heavy (non-hydrogen) atoms. The zero-order chi connectivity index (χ0) is 21.9. The number of carbonyl (C=O) groups excluding carboxylic acids is 2. The molecule has 162 valence electrons. The van der Waals surface area contributed by atoms with Gasteiger partial charge in [-0.25, -0.2) is 0 Å². The number of hydrogen-bond donors (Lipinski definition) is 1. The van der Waals surface area contributed by atoms with Crippen LogP contribution >= 0.6 is 15.9 Å². The number of rotatable bonds is 11. The normalized spacial score (nSPS) is 11.6. The zero-order valence-electron chi connectivity index (χ0n) is 18.0. The predicted octanol–water partition coefficient (Wildman–Crippen LogP) is 4.86. The Labute approximate surface area is 187 Å². The van der Waals surface area contributed by atoms with Crippen LogP contribution in [-0.2, 0) is 16.1 Å². The summed E-state index contributed by atoms with van der Waals surface area (Å²) in [4.78, 5) is 27.5. The Morgan fingerprint density at radius 1 is 1.13 bits per heavy atom. The van der Waals surface area contributed by atoms with Crippen molar-refractivity contribution in [3.63, 3.8) is 0 Å². The van der Waals surface area contributed by atoms with E-state index < -0.39 is 6.04 Å². The molecule has 0 bridgehead atoms. The first-order valence-electron chi connectivity index (χ1n) is 10.5. The van der Waals surface area contributed by atoms with E-state index in [1.165, 1.54) is 0 Å². The first-order chi connectivity index (χ1) is 14.5. The average Bonchev–Trinajstić information content (AvgIpc) is 2.75. The van der Waals surface area contributed by atoms with Gasteiger partial charge in [-0.3, -0.25) is 9.59 Å². The minimum Gasteiger partial charge on any atom is -0.484 e. The summed E-state index contributed by atoms with van der Waals surface area (Å²) in [5.74, 6) is 0.302. The molecule has 2 aromatic rings. The van der Waals surface area contributed by atoms with Crippen molar-refractivity contribution < 1.29 is 14.3 Å². The molecule has 2 rings (SSSR count). The third-order valence-electron chi connectivity index (χ3n) is 4.90. The second-order valence-electron chi connectivity index (χ2n) is 7.28. The molecule has 2 aromatic carbocycles. The third-order valence-corrected chi connectivity index (χ3v) is 5.79. The third kappa shape index (κ3) is 7.17. The van der Waals surface area contributed by atoms with Gasteiger partial charge >= 0.3 is 0 Å². The van der Waals surface area contributed by atoms with Gasteiger partial charge in [0.05, 0.1) is 0 Å². The Morgan fingerprint density at radius 2 is 1.87 bits per heavy atom. The van der Waals surface area contributed by atoms with E-state index in [-0.39, 0.29) is 18.4 Å². The van der Waals surface area contributed by atoms with Crippen molar-refractivity contribution in [2.24, 2.45) is 0 Å². The van der Waals surface area contributed by atoms with Crippen LogP contribution in [0.3, 0.4) is 0 Å².